The zero-order chi connectivity index (χ0) is 22.4. The number of carbonyl (C=O) groups excluding carboxylic acids is 2. The molecule has 3 atom stereocenters. The van der Waals surface area contributed by atoms with Crippen LogP contribution in [0.5, 0.6) is 0 Å². The van der Waals surface area contributed by atoms with Crippen LogP contribution in [0.3, 0.4) is 0 Å². The number of benzene rings is 2. The van der Waals surface area contributed by atoms with Crippen LogP contribution in [0, 0.1) is 11.8 Å². The summed E-state index contributed by atoms with van der Waals surface area (Å²) in [6, 6.07) is 20.1. The van der Waals surface area contributed by atoms with Crippen LogP contribution in [-0.4, -0.2) is 30.7 Å². The Morgan fingerprint density at radius 2 is 1.65 bits per heavy atom. The first-order valence-corrected chi connectivity index (χ1v) is 13.9. The third kappa shape index (κ3) is 5.67. The number of allylic oxidation sites excluding steroid dienone is 2. The van der Waals surface area contributed by atoms with Crippen LogP contribution in [0.1, 0.15) is 24.8 Å². The van der Waals surface area contributed by atoms with Crippen LogP contribution in [0.25, 0.3) is 0 Å². The zero-order valence-corrected chi connectivity index (χ0v) is 19.2. The van der Waals surface area contributed by atoms with Gasteiger partial charge in [-0.3, -0.25) is 14.4 Å². The summed E-state index contributed by atoms with van der Waals surface area (Å²) in [5.41, 5.74) is 1.18. The maximum atomic E-state index is 12.8. The van der Waals surface area contributed by atoms with Gasteiger partial charge in [0.05, 0.1) is 14.5 Å². The summed E-state index contributed by atoms with van der Waals surface area (Å²) in [5.74, 6) is -1.72. The van der Waals surface area contributed by atoms with Gasteiger partial charge in [-0.2, -0.15) is 0 Å². The number of hydrogen-bond donors (Lipinski definition) is 1. The SMILES string of the molecule is C[Si](C)(c1ccccc1)[C@@H]1CC(=O)[C@H](CC(=O)O)[C@H]1/C=C/C(=O)CCc1ccccc1. The second-order valence-corrected chi connectivity index (χ2v) is 13.7. The Morgan fingerprint density at radius 1 is 1.03 bits per heavy atom. The van der Waals surface area contributed by atoms with Gasteiger partial charge >= 0.3 is 5.97 Å². The molecule has 0 amide bonds. The first kappa shape index (κ1) is 22.9. The molecule has 0 bridgehead atoms. The lowest BCUT2D eigenvalue weighted by Gasteiger charge is -2.34. The molecule has 0 aliphatic heterocycles. The highest BCUT2D eigenvalue weighted by molar-refractivity contribution is 6.91. The minimum Gasteiger partial charge on any atom is -0.481 e. The third-order valence-electron chi connectivity index (χ3n) is 6.61. The highest BCUT2D eigenvalue weighted by Crippen LogP contribution is 2.47. The van der Waals surface area contributed by atoms with Crippen molar-refractivity contribution in [2.75, 3.05) is 0 Å². The molecule has 1 N–H and O–H groups in total. The van der Waals surface area contributed by atoms with E-state index in [1.54, 1.807) is 6.08 Å². The van der Waals surface area contributed by atoms with E-state index in [0.29, 0.717) is 19.3 Å². The monoisotopic (exact) mass is 434 g/mol. The Labute approximate surface area is 185 Å². The fourth-order valence-corrected chi connectivity index (χ4v) is 8.23. The lowest BCUT2D eigenvalue weighted by Crippen LogP contribution is -2.47. The normalized spacial score (nSPS) is 21.5. The summed E-state index contributed by atoms with van der Waals surface area (Å²) in [4.78, 5) is 36.8. The van der Waals surface area contributed by atoms with Crippen LogP contribution in [0.2, 0.25) is 18.6 Å². The molecule has 5 heteroatoms. The fourth-order valence-electron chi connectivity index (χ4n) is 4.74. The molecule has 0 spiro atoms. The number of carbonyl (C=O) groups is 3. The number of ketones is 2. The summed E-state index contributed by atoms with van der Waals surface area (Å²) >= 11 is 0. The van der Waals surface area contributed by atoms with Crippen molar-refractivity contribution in [2.24, 2.45) is 11.8 Å². The Kier molecular flexibility index (Phi) is 7.39. The van der Waals surface area contributed by atoms with Gasteiger partial charge in [0, 0.05) is 18.8 Å². The molecule has 31 heavy (non-hydrogen) atoms. The predicted octanol–water partition coefficient (Wildman–Crippen LogP) is 4.41. The van der Waals surface area contributed by atoms with E-state index in [0.717, 1.165) is 5.56 Å². The second-order valence-electron chi connectivity index (χ2n) is 8.96. The van der Waals surface area contributed by atoms with Gasteiger partial charge in [0.25, 0.3) is 0 Å². The van der Waals surface area contributed by atoms with E-state index in [-0.39, 0.29) is 29.4 Å². The molecule has 0 radical (unpaired) electrons. The van der Waals surface area contributed by atoms with Gasteiger partial charge < -0.3 is 5.11 Å². The van der Waals surface area contributed by atoms with E-state index in [2.05, 4.69) is 25.2 Å². The number of rotatable bonds is 9. The van der Waals surface area contributed by atoms with Crippen molar-refractivity contribution in [3.8, 4) is 0 Å². The lowest BCUT2D eigenvalue weighted by atomic mass is 9.91. The van der Waals surface area contributed by atoms with E-state index in [4.69, 9.17) is 0 Å². The molecule has 1 fully saturated rings. The van der Waals surface area contributed by atoms with Gasteiger partial charge in [-0.15, -0.1) is 0 Å². The number of carboxylic acids is 1. The van der Waals surface area contributed by atoms with Crippen molar-refractivity contribution >= 4 is 30.8 Å². The molecule has 2 aromatic rings. The number of aliphatic carboxylic acids is 1. The van der Waals surface area contributed by atoms with E-state index in [9.17, 15) is 19.5 Å². The molecule has 4 nitrogen and oxygen atoms in total. The van der Waals surface area contributed by atoms with Gasteiger partial charge in [0.2, 0.25) is 0 Å². The highest BCUT2D eigenvalue weighted by Gasteiger charge is 2.49. The molecule has 0 unspecified atom stereocenters. The van der Waals surface area contributed by atoms with E-state index < -0.39 is 20.0 Å². The highest BCUT2D eigenvalue weighted by atomic mass is 28.3. The fraction of sp³-hybridized carbons (Fsp3) is 0.346. The predicted molar refractivity (Wildman–Crippen MR) is 125 cm³/mol. The van der Waals surface area contributed by atoms with Crippen LogP contribution in [0.15, 0.2) is 72.8 Å². The van der Waals surface area contributed by atoms with Gasteiger partial charge in [-0.25, -0.2) is 0 Å². The average molecular weight is 435 g/mol. The van der Waals surface area contributed by atoms with E-state index in [1.807, 2.05) is 54.6 Å². The molecule has 1 aliphatic rings. The van der Waals surface area contributed by atoms with Crippen molar-refractivity contribution in [1.29, 1.82) is 0 Å². The zero-order valence-electron chi connectivity index (χ0n) is 18.2. The van der Waals surface area contributed by atoms with E-state index >= 15 is 0 Å². The van der Waals surface area contributed by atoms with E-state index in [1.165, 1.54) is 5.19 Å². The smallest absolute Gasteiger partial charge is 0.304 e. The van der Waals surface area contributed by atoms with Gasteiger partial charge in [0.1, 0.15) is 5.78 Å². The molecule has 0 saturated heterocycles. The van der Waals surface area contributed by atoms with Crippen molar-refractivity contribution in [1.82, 2.24) is 0 Å². The maximum absolute atomic E-state index is 12.8. The Bertz CT molecular complexity index is 950. The summed E-state index contributed by atoms with van der Waals surface area (Å²) in [5, 5.41) is 10.6. The van der Waals surface area contributed by atoms with Gasteiger partial charge in [-0.1, -0.05) is 85.0 Å². The molecular formula is C26H30O4Si. The van der Waals surface area contributed by atoms with Crippen molar-refractivity contribution in [3.63, 3.8) is 0 Å². The lowest BCUT2D eigenvalue weighted by molar-refractivity contribution is -0.140. The Hall–Kier alpha value is -2.79. The van der Waals surface area contributed by atoms with Gasteiger partial charge in [0.15, 0.2) is 5.78 Å². The second kappa shape index (κ2) is 10.0. The van der Waals surface area contributed by atoms with Crippen LogP contribution in [-0.2, 0) is 20.8 Å². The largest absolute Gasteiger partial charge is 0.481 e. The molecule has 0 heterocycles. The summed E-state index contributed by atoms with van der Waals surface area (Å²) in [6.45, 7) is 4.48. The number of aryl methyl sites for hydroxylation is 1. The maximum Gasteiger partial charge on any atom is 0.304 e. The van der Waals surface area contributed by atoms with Crippen LogP contribution in [0.4, 0.5) is 0 Å². The van der Waals surface area contributed by atoms with Crippen LogP contribution >= 0.6 is 0 Å². The standard InChI is InChI=1S/C26H30O4Si/c1-31(2,21-11-7-4-8-12-21)25-18-24(28)23(17-26(29)30)22(25)16-15-20(27)14-13-19-9-5-3-6-10-19/h3-12,15-16,22-23,25H,13-14,17-18H2,1-2H3,(H,29,30)/b16-15+/t22-,23-,25-/m1/s1. The van der Waals surface area contributed by atoms with Gasteiger partial charge in [-0.05, 0) is 29.5 Å². The number of carboxylic acid groups (broad SMARTS) is 1. The summed E-state index contributed by atoms with van der Waals surface area (Å²) in [7, 11) is -2.06. The van der Waals surface area contributed by atoms with Crippen molar-refractivity contribution in [3.05, 3.63) is 78.4 Å². The molecule has 0 aromatic heterocycles. The van der Waals surface area contributed by atoms with Crippen molar-refractivity contribution < 1.29 is 19.5 Å². The molecule has 2 aromatic carbocycles. The molecule has 1 saturated carbocycles. The average Bonchev–Trinajstić information content (AvgIpc) is 3.07. The summed E-state index contributed by atoms with van der Waals surface area (Å²) < 4.78 is 0. The molecule has 3 rings (SSSR count). The quantitative estimate of drug-likeness (QED) is 0.469. The summed E-state index contributed by atoms with van der Waals surface area (Å²) in [6.07, 6.45) is 4.70. The number of hydrogen-bond acceptors (Lipinski definition) is 3. The van der Waals surface area contributed by atoms with Crippen LogP contribution < -0.4 is 5.19 Å². The minimum absolute atomic E-state index is 0.00945. The third-order valence-corrected chi connectivity index (χ3v) is 10.9. The number of Topliss-reactive ketones (excluding diaryl/α,β-unsaturated/α-hetero) is 1. The molecule has 162 valence electrons. The van der Waals surface area contributed by atoms with Crippen molar-refractivity contribution in [2.45, 2.75) is 44.3 Å². The molecule has 1 aliphatic carbocycles. The first-order chi connectivity index (χ1) is 14.8. The first-order valence-electron chi connectivity index (χ1n) is 10.8. The Balaban J connectivity index is 1.80. The minimum atomic E-state index is -2.06. The molecular weight excluding hydrogens is 404 g/mol. The Morgan fingerprint density at radius 3 is 2.26 bits per heavy atom. The topological polar surface area (TPSA) is 71.4 Å².